The Bertz CT molecular complexity index is 1040. The van der Waals surface area contributed by atoms with Gasteiger partial charge in [-0.1, -0.05) is 60.1 Å². The van der Waals surface area contributed by atoms with Gasteiger partial charge in [0, 0.05) is 12.1 Å². The van der Waals surface area contributed by atoms with Crippen LogP contribution in [-0.2, 0) is 16.6 Å². The van der Waals surface area contributed by atoms with Crippen LogP contribution in [0.4, 0.5) is 5.69 Å². The SMILES string of the molecule is O=C(NCc1ccccc1)c1ccc(NS(=O)(=O)c2ccccc2)c(Cl)c1. The molecule has 7 heteroatoms. The van der Waals surface area contributed by atoms with Crippen LogP contribution >= 0.6 is 11.6 Å². The van der Waals surface area contributed by atoms with Crippen molar-refractivity contribution in [3.8, 4) is 0 Å². The number of amides is 1. The van der Waals surface area contributed by atoms with Crippen molar-refractivity contribution in [3.63, 3.8) is 0 Å². The highest BCUT2D eigenvalue weighted by Gasteiger charge is 2.16. The molecule has 0 aliphatic rings. The van der Waals surface area contributed by atoms with Crippen LogP contribution in [0.2, 0.25) is 5.02 Å². The van der Waals surface area contributed by atoms with Crippen molar-refractivity contribution in [2.75, 3.05) is 4.72 Å². The van der Waals surface area contributed by atoms with E-state index < -0.39 is 10.0 Å². The van der Waals surface area contributed by atoms with Crippen LogP contribution in [0.25, 0.3) is 0 Å². The molecule has 0 unspecified atom stereocenters. The lowest BCUT2D eigenvalue weighted by Crippen LogP contribution is -2.22. The predicted octanol–water partition coefficient (Wildman–Crippen LogP) is 4.07. The van der Waals surface area contributed by atoms with Crippen molar-refractivity contribution in [1.29, 1.82) is 0 Å². The highest BCUT2D eigenvalue weighted by molar-refractivity contribution is 7.92. The molecule has 27 heavy (non-hydrogen) atoms. The number of halogens is 1. The Hall–Kier alpha value is -2.83. The van der Waals surface area contributed by atoms with Gasteiger partial charge in [0.1, 0.15) is 0 Å². The number of carbonyl (C=O) groups excluding carboxylic acids is 1. The van der Waals surface area contributed by atoms with E-state index in [1.54, 1.807) is 18.2 Å². The molecule has 0 atom stereocenters. The molecule has 2 N–H and O–H groups in total. The first-order chi connectivity index (χ1) is 13.0. The van der Waals surface area contributed by atoms with E-state index in [-0.39, 0.29) is 21.5 Å². The van der Waals surface area contributed by atoms with E-state index in [0.717, 1.165) is 5.56 Å². The second-order valence-electron chi connectivity index (χ2n) is 5.78. The van der Waals surface area contributed by atoms with Crippen molar-refractivity contribution in [2.24, 2.45) is 0 Å². The van der Waals surface area contributed by atoms with E-state index in [2.05, 4.69) is 10.0 Å². The molecule has 0 heterocycles. The molecule has 0 aliphatic heterocycles. The molecule has 0 fully saturated rings. The summed E-state index contributed by atoms with van der Waals surface area (Å²) in [5.41, 5.74) is 1.53. The van der Waals surface area contributed by atoms with E-state index >= 15 is 0 Å². The molecule has 0 aliphatic carbocycles. The fourth-order valence-corrected chi connectivity index (χ4v) is 3.81. The van der Waals surface area contributed by atoms with Gasteiger partial charge in [-0.2, -0.15) is 0 Å². The molecule has 0 radical (unpaired) electrons. The average molecular weight is 401 g/mol. The van der Waals surface area contributed by atoms with Crippen molar-refractivity contribution < 1.29 is 13.2 Å². The lowest BCUT2D eigenvalue weighted by Gasteiger charge is -2.11. The monoisotopic (exact) mass is 400 g/mol. The standard InChI is InChI=1S/C20H17ClN2O3S/c21-18-13-16(20(24)22-14-15-7-3-1-4-8-15)11-12-19(18)23-27(25,26)17-9-5-2-6-10-17/h1-13,23H,14H2,(H,22,24). The Balaban J connectivity index is 1.71. The van der Waals surface area contributed by atoms with Gasteiger partial charge < -0.3 is 5.32 Å². The summed E-state index contributed by atoms with van der Waals surface area (Å²) in [6.45, 7) is 0.389. The maximum atomic E-state index is 12.4. The third-order valence-corrected chi connectivity index (χ3v) is 5.52. The van der Waals surface area contributed by atoms with Crippen molar-refractivity contribution in [1.82, 2.24) is 5.32 Å². The molecule has 1 amide bonds. The van der Waals surface area contributed by atoms with Gasteiger partial charge in [-0.25, -0.2) is 8.42 Å². The van der Waals surface area contributed by atoms with Gasteiger partial charge >= 0.3 is 0 Å². The van der Waals surface area contributed by atoms with Crippen LogP contribution in [0.15, 0.2) is 83.8 Å². The molecule has 3 aromatic carbocycles. The minimum Gasteiger partial charge on any atom is -0.348 e. The molecule has 3 aromatic rings. The first kappa shape index (κ1) is 18.9. The molecule has 0 saturated carbocycles. The number of nitrogens with one attached hydrogen (secondary N) is 2. The zero-order valence-electron chi connectivity index (χ0n) is 14.2. The fraction of sp³-hybridized carbons (Fsp3) is 0.0500. The predicted molar refractivity (Wildman–Crippen MR) is 106 cm³/mol. The second kappa shape index (κ2) is 8.24. The summed E-state index contributed by atoms with van der Waals surface area (Å²) in [5.74, 6) is -0.293. The molecule has 3 rings (SSSR count). The maximum absolute atomic E-state index is 12.4. The highest BCUT2D eigenvalue weighted by Crippen LogP contribution is 2.26. The summed E-state index contributed by atoms with van der Waals surface area (Å²) < 4.78 is 27.2. The quantitative estimate of drug-likeness (QED) is 0.654. The summed E-state index contributed by atoms with van der Waals surface area (Å²) in [7, 11) is -3.75. The molecule has 0 aromatic heterocycles. The summed E-state index contributed by atoms with van der Waals surface area (Å²) in [6, 6.07) is 21.9. The molecule has 0 spiro atoms. The van der Waals surface area contributed by atoms with Crippen LogP contribution in [0.3, 0.4) is 0 Å². The zero-order chi connectivity index (χ0) is 19.3. The minimum absolute atomic E-state index is 0.130. The topological polar surface area (TPSA) is 75.3 Å². The molecular weight excluding hydrogens is 384 g/mol. The van der Waals surface area contributed by atoms with E-state index in [0.29, 0.717) is 12.1 Å². The Morgan fingerprint density at radius 1 is 0.889 bits per heavy atom. The number of hydrogen-bond acceptors (Lipinski definition) is 3. The van der Waals surface area contributed by atoms with Crippen LogP contribution in [0.1, 0.15) is 15.9 Å². The minimum atomic E-state index is -3.75. The van der Waals surface area contributed by atoms with Gasteiger partial charge in [-0.05, 0) is 35.9 Å². The zero-order valence-corrected chi connectivity index (χ0v) is 15.8. The Morgan fingerprint density at radius 2 is 1.52 bits per heavy atom. The van der Waals surface area contributed by atoms with Crippen LogP contribution in [0.5, 0.6) is 0 Å². The van der Waals surface area contributed by atoms with E-state index in [4.69, 9.17) is 11.6 Å². The summed E-state index contributed by atoms with van der Waals surface area (Å²) >= 11 is 6.18. The largest absolute Gasteiger partial charge is 0.348 e. The number of hydrogen-bond donors (Lipinski definition) is 2. The first-order valence-corrected chi connectivity index (χ1v) is 10.0. The second-order valence-corrected chi connectivity index (χ2v) is 7.87. The van der Waals surface area contributed by atoms with Gasteiger partial charge in [0.15, 0.2) is 0 Å². The van der Waals surface area contributed by atoms with Gasteiger partial charge in [-0.3, -0.25) is 9.52 Å². The Morgan fingerprint density at radius 3 is 2.15 bits per heavy atom. The van der Waals surface area contributed by atoms with Crippen LogP contribution < -0.4 is 10.0 Å². The van der Waals surface area contributed by atoms with Gasteiger partial charge in [-0.15, -0.1) is 0 Å². The average Bonchev–Trinajstić information content (AvgIpc) is 2.69. The van der Waals surface area contributed by atoms with E-state index in [1.165, 1.54) is 30.3 Å². The number of sulfonamides is 1. The Kier molecular flexibility index (Phi) is 5.78. The summed E-state index contributed by atoms with van der Waals surface area (Å²) in [4.78, 5) is 12.4. The molecule has 0 saturated heterocycles. The maximum Gasteiger partial charge on any atom is 0.261 e. The first-order valence-electron chi connectivity index (χ1n) is 8.15. The molecule has 138 valence electrons. The van der Waals surface area contributed by atoms with Crippen molar-refractivity contribution in [2.45, 2.75) is 11.4 Å². The number of carbonyl (C=O) groups is 1. The normalized spacial score (nSPS) is 11.0. The van der Waals surface area contributed by atoms with Crippen molar-refractivity contribution >= 4 is 33.2 Å². The van der Waals surface area contributed by atoms with E-state index in [1.807, 2.05) is 30.3 Å². The summed E-state index contributed by atoms with van der Waals surface area (Å²) in [6.07, 6.45) is 0. The molecule has 0 bridgehead atoms. The lowest BCUT2D eigenvalue weighted by molar-refractivity contribution is 0.0951. The van der Waals surface area contributed by atoms with Crippen molar-refractivity contribution in [3.05, 3.63) is 95.0 Å². The molecule has 5 nitrogen and oxygen atoms in total. The van der Waals surface area contributed by atoms with E-state index in [9.17, 15) is 13.2 Å². The number of rotatable bonds is 6. The van der Waals surface area contributed by atoms with Crippen LogP contribution in [0, 0.1) is 0 Å². The van der Waals surface area contributed by atoms with Crippen LogP contribution in [-0.4, -0.2) is 14.3 Å². The number of anilines is 1. The molecular formula is C20H17ClN2O3S. The van der Waals surface area contributed by atoms with Gasteiger partial charge in [0.25, 0.3) is 15.9 Å². The highest BCUT2D eigenvalue weighted by atomic mass is 35.5. The third kappa shape index (κ3) is 4.87. The third-order valence-electron chi connectivity index (χ3n) is 3.82. The lowest BCUT2D eigenvalue weighted by atomic mass is 10.2. The van der Waals surface area contributed by atoms with Gasteiger partial charge in [0.05, 0.1) is 15.6 Å². The smallest absolute Gasteiger partial charge is 0.261 e. The number of benzene rings is 3. The van der Waals surface area contributed by atoms with Gasteiger partial charge in [0.2, 0.25) is 0 Å². The fourth-order valence-electron chi connectivity index (χ4n) is 2.42. The summed E-state index contributed by atoms with van der Waals surface area (Å²) in [5, 5.41) is 2.94. The Labute approximate surface area is 163 Å².